The summed E-state index contributed by atoms with van der Waals surface area (Å²) in [6.07, 6.45) is 0. The van der Waals surface area contributed by atoms with Crippen LogP contribution in [-0.2, 0) is 4.79 Å². The molecule has 0 saturated carbocycles. The van der Waals surface area contributed by atoms with Crippen molar-refractivity contribution in [3.05, 3.63) is 29.3 Å². The van der Waals surface area contributed by atoms with Gasteiger partial charge in [0.1, 0.15) is 0 Å². The van der Waals surface area contributed by atoms with E-state index in [2.05, 4.69) is 17.9 Å². The van der Waals surface area contributed by atoms with Gasteiger partial charge in [0.25, 0.3) is 0 Å². The Labute approximate surface area is 100 Å². The van der Waals surface area contributed by atoms with Crippen molar-refractivity contribution >= 4 is 35.8 Å². The van der Waals surface area contributed by atoms with Gasteiger partial charge in [-0.1, -0.05) is 37.6 Å². The summed E-state index contributed by atoms with van der Waals surface area (Å²) in [5.41, 5.74) is 0.629. The molecule has 1 amide bonds. The maximum absolute atomic E-state index is 11.7. The van der Waals surface area contributed by atoms with E-state index in [1.807, 2.05) is 26.0 Å². The van der Waals surface area contributed by atoms with Crippen LogP contribution in [0.15, 0.2) is 24.3 Å². The van der Waals surface area contributed by atoms with E-state index in [-0.39, 0.29) is 17.1 Å². The third-order valence-electron chi connectivity index (χ3n) is 2.03. The molecule has 2 nitrogen and oxygen atoms in total. The van der Waals surface area contributed by atoms with Gasteiger partial charge in [0.15, 0.2) is 0 Å². The van der Waals surface area contributed by atoms with Crippen LogP contribution in [0.25, 0.3) is 0 Å². The minimum atomic E-state index is -0.318. The monoisotopic (exact) mass is 243 g/mol. The number of carbonyl (C=O) groups is 1. The molecule has 82 valence electrons. The Morgan fingerprint density at radius 2 is 2.00 bits per heavy atom. The Balaban J connectivity index is 2.71. The van der Waals surface area contributed by atoms with E-state index in [1.54, 1.807) is 12.1 Å². The van der Waals surface area contributed by atoms with Crippen molar-refractivity contribution in [1.82, 2.24) is 0 Å². The van der Waals surface area contributed by atoms with E-state index in [0.717, 1.165) is 0 Å². The summed E-state index contributed by atoms with van der Waals surface area (Å²) in [4.78, 5) is 11.7. The standard InChI is InChI=1S/C11H14ClNOS/c1-7(2)10(15)11(14)13-9-6-4-3-5-8(9)12/h3-7,10,15H,1-2H3,(H,13,14). The van der Waals surface area contributed by atoms with Crippen molar-refractivity contribution in [2.24, 2.45) is 5.92 Å². The van der Waals surface area contributed by atoms with Crippen molar-refractivity contribution in [3.63, 3.8) is 0 Å². The highest BCUT2D eigenvalue weighted by Gasteiger charge is 2.18. The van der Waals surface area contributed by atoms with E-state index in [4.69, 9.17) is 11.6 Å². The van der Waals surface area contributed by atoms with Gasteiger partial charge >= 0.3 is 0 Å². The first-order valence-electron chi connectivity index (χ1n) is 4.76. The van der Waals surface area contributed by atoms with Gasteiger partial charge in [0.2, 0.25) is 5.91 Å². The Hall–Kier alpha value is -0.670. The SMILES string of the molecule is CC(C)C(S)C(=O)Nc1ccccc1Cl. The smallest absolute Gasteiger partial charge is 0.237 e. The molecule has 1 aromatic rings. The molecule has 0 aliphatic rings. The van der Waals surface area contributed by atoms with Gasteiger partial charge in [0, 0.05) is 0 Å². The fourth-order valence-corrected chi connectivity index (χ4v) is 1.32. The third kappa shape index (κ3) is 3.43. The molecule has 0 saturated heterocycles. The second-order valence-electron chi connectivity index (χ2n) is 3.66. The van der Waals surface area contributed by atoms with Crippen LogP contribution in [0.2, 0.25) is 5.02 Å². The number of halogens is 1. The zero-order valence-corrected chi connectivity index (χ0v) is 10.3. The van der Waals surface area contributed by atoms with E-state index in [9.17, 15) is 4.79 Å². The van der Waals surface area contributed by atoms with Crippen LogP contribution in [0.3, 0.4) is 0 Å². The molecule has 1 rings (SSSR count). The zero-order chi connectivity index (χ0) is 11.4. The lowest BCUT2D eigenvalue weighted by atomic mass is 10.1. The molecule has 1 N–H and O–H groups in total. The molecule has 4 heteroatoms. The zero-order valence-electron chi connectivity index (χ0n) is 8.70. The highest BCUT2D eigenvalue weighted by atomic mass is 35.5. The van der Waals surface area contributed by atoms with Crippen LogP contribution in [-0.4, -0.2) is 11.2 Å². The number of benzene rings is 1. The number of anilines is 1. The second kappa shape index (κ2) is 5.42. The first kappa shape index (κ1) is 12.4. The number of hydrogen-bond donors (Lipinski definition) is 2. The average molecular weight is 244 g/mol. The summed E-state index contributed by atoms with van der Waals surface area (Å²) in [6, 6.07) is 7.14. The van der Waals surface area contributed by atoms with Gasteiger partial charge in [0.05, 0.1) is 16.0 Å². The number of para-hydroxylation sites is 1. The van der Waals surface area contributed by atoms with Gasteiger partial charge in [-0.2, -0.15) is 12.6 Å². The minimum Gasteiger partial charge on any atom is -0.324 e. The molecule has 1 atom stereocenters. The number of hydrogen-bond acceptors (Lipinski definition) is 2. The predicted octanol–water partition coefficient (Wildman–Crippen LogP) is 3.23. The van der Waals surface area contributed by atoms with Crippen LogP contribution >= 0.6 is 24.2 Å². The maximum Gasteiger partial charge on any atom is 0.237 e. The molecule has 0 aliphatic heterocycles. The second-order valence-corrected chi connectivity index (χ2v) is 4.62. The van der Waals surface area contributed by atoms with Gasteiger partial charge in [-0.3, -0.25) is 4.79 Å². The fraction of sp³-hybridized carbons (Fsp3) is 0.364. The molecule has 1 unspecified atom stereocenters. The predicted molar refractivity (Wildman–Crippen MR) is 67.7 cm³/mol. The average Bonchev–Trinajstić information content (AvgIpc) is 2.20. The molecular weight excluding hydrogens is 230 g/mol. The van der Waals surface area contributed by atoms with Gasteiger partial charge in [-0.05, 0) is 18.1 Å². The van der Waals surface area contributed by atoms with Crippen LogP contribution in [0.4, 0.5) is 5.69 Å². The molecule has 15 heavy (non-hydrogen) atoms. The maximum atomic E-state index is 11.7. The summed E-state index contributed by atoms with van der Waals surface area (Å²) in [6.45, 7) is 3.90. The normalized spacial score (nSPS) is 12.6. The van der Waals surface area contributed by atoms with Gasteiger partial charge < -0.3 is 5.32 Å². The van der Waals surface area contributed by atoms with Crippen LogP contribution in [0.1, 0.15) is 13.8 Å². The fourth-order valence-electron chi connectivity index (χ4n) is 1.07. The van der Waals surface area contributed by atoms with E-state index in [1.165, 1.54) is 0 Å². The molecule has 0 bridgehead atoms. The first-order valence-corrected chi connectivity index (χ1v) is 5.65. The van der Waals surface area contributed by atoms with Crippen molar-refractivity contribution in [2.45, 2.75) is 19.1 Å². The lowest BCUT2D eigenvalue weighted by Gasteiger charge is -2.15. The lowest BCUT2D eigenvalue weighted by molar-refractivity contribution is -0.116. The largest absolute Gasteiger partial charge is 0.324 e. The van der Waals surface area contributed by atoms with E-state index in [0.29, 0.717) is 10.7 Å². The van der Waals surface area contributed by atoms with Gasteiger partial charge in [-0.15, -0.1) is 0 Å². The van der Waals surface area contributed by atoms with Crippen LogP contribution < -0.4 is 5.32 Å². The number of carbonyl (C=O) groups excluding carboxylic acids is 1. The number of nitrogens with one attached hydrogen (secondary N) is 1. The Morgan fingerprint density at radius 1 is 1.40 bits per heavy atom. The molecule has 0 aromatic heterocycles. The number of rotatable bonds is 3. The summed E-state index contributed by atoms with van der Waals surface area (Å²) < 4.78 is 0. The third-order valence-corrected chi connectivity index (χ3v) is 3.19. The lowest BCUT2D eigenvalue weighted by Crippen LogP contribution is -2.27. The van der Waals surface area contributed by atoms with Gasteiger partial charge in [-0.25, -0.2) is 0 Å². The molecule has 0 aliphatic carbocycles. The Bertz CT molecular complexity index is 354. The quantitative estimate of drug-likeness (QED) is 0.785. The number of amides is 1. The first-order chi connectivity index (χ1) is 7.02. The van der Waals surface area contributed by atoms with Crippen molar-refractivity contribution < 1.29 is 4.79 Å². The van der Waals surface area contributed by atoms with E-state index >= 15 is 0 Å². The van der Waals surface area contributed by atoms with E-state index < -0.39 is 0 Å². The molecule has 0 heterocycles. The number of thiol groups is 1. The molecular formula is C11H14ClNOS. The molecule has 0 fully saturated rings. The van der Waals surface area contributed by atoms with Crippen molar-refractivity contribution in [2.75, 3.05) is 5.32 Å². The summed E-state index contributed by atoms with van der Waals surface area (Å²) in [5.74, 6) is 0.0669. The van der Waals surface area contributed by atoms with Crippen molar-refractivity contribution in [3.8, 4) is 0 Å². The summed E-state index contributed by atoms with van der Waals surface area (Å²) in [5, 5.41) is 2.96. The van der Waals surface area contributed by atoms with Crippen LogP contribution in [0.5, 0.6) is 0 Å². The molecule has 0 spiro atoms. The topological polar surface area (TPSA) is 29.1 Å². The summed E-state index contributed by atoms with van der Waals surface area (Å²) >= 11 is 10.1. The Morgan fingerprint density at radius 3 is 2.53 bits per heavy atom. The molecule has 1 aromatic carbocycles. The Kier molecular flexibility index (Phi) is 4.48. The highest BCUT2D eigenvalue weighted by molar-refractivity contribution is 7.81. The minimum absolute atomic E-state index is 0.124. The highest BCUT2D eigenvalue weighted by Crippen LogP contribution is 2.21. The van der Waals surface area contributed by atoms with Crippen molar-refractivity contribution in [1.29, 1.82) is 0 Å². The molecule has 0 radical (unpaired) electrons. The van der Waals surface area contributed by atoms with Crippen LogP contribution in [0, 0.1) is 5.92 Å². The summed E-state index contributed by atoms with van der Waals surface area (Å²) in [7, 11) is 0.